The summed E-state index contributed by atoms with van der Waals surface area (Å²) < 4.78 is 3.08. The average molecular weight is 311 g/mol. The second-order valence-electron chi connectivity index (χ2n) is 3.90. The molecule has 0 radical (unpaired) electrons. The van der Waals surface area contributed by atoms with Crippen molar-refractivity contribution >= 4 is 39.4 Å². The first-order valence-corrected chi connectivity index (χ1v) is 8.55. The van der Waals surface area contributed by atoms with Gasteiger partial charge in [0.25, 0.3) is 0 Å². The van der Waals surface area contributed by atoms with Crippen molar-refractivity contribution in [1.29, 1.82) is 0 Å². The zero-order valence-corrected chi connectivity index (χ0v) is 12.8. The van der Waals surface area contributed by atoms with E-state index in [0.29, 0.717) is 0 Å². The van der Waals surface area contributed by atoms with Crippen LogP contribution >= 0.6 is 34.4 Å². The summed E-state index contributed by atoms with van der Waals surface area (Å²) in [5.41, 5.74) is 2.94. The molecule has 0 aromatic carbocycles. The molecule has 3 aromatic heterocycles. The van der Waals surface area contributed by atoms with Gasteiger partial charge in [-0.25, -0.2) is 4.98 Å². The minimum absolute atomic E-state index is 0.826. The molecule has 3 rings (SSSR count). The lowest BCUT2D eigenvalue weighted by atomic mass is 10.4. The smallest absolute Gasteiger partial charge is 0.194 e. The summed E-state index contributed by atoms with van der Waals surface area (Å²) in [6, 6.07) is 0. The Morgan fingerprint density at radius 1 is 1.42 bits per heavy atom. The molecule has 0 saturated heterocycles. The zero-order valence-electron chi connectivity index (χ0n) is 10.4. The molecule has 0 spiro atoms. The Balaban J connectivity index is 1.88. The number of nitrogens with zero attached hydrogens (tertiary/aromatic N) is 4. The number of hydrogen-bond donors (Lipinski definition) is 1. The van der Waals surface area contributed by atoms with Gasteiger partial charge in [0.15, 0.2) is 9.30 Å². The summed E-state index contributed by atoms with van der Waals surface area (Å²) in [6.45, 7) is 4.01. The van der Waals surface area contributed by atoms with E-state index in [2.05, 4.69) is 43.4 Å². The predicted molar refractivity (Wildman–Crippen MR) is 79.1 cm³/mol. The fraction of sp³-hybridized carbons (Fsp3) is 0.364. The predicted octanol–water partition coefficient (Wildman–Crippen LogP) is 2.90. The van der Waals surface area contributed by atoms with Crippen molar-refractivity contribution in [3.8, 4) is 0 Å². The van der Waals surface area contributed by atoms with Gasteiger partial charge in [-0.15, -0.1) is 21.5 Å². The lowest BCUT2D eigenvalue weighted by Crippen LogP contribution is -2.15. The van der Waals surface area contributed by atoms with Gasteiger partial charge in [0.2, 0.25) is 0 Å². The molecule has 3 aromatic rings. The van der Waals surface area contributed by atoms with Crippen LogP contribution in [0, 0.1) is 0 Å². The van der Waals surface area contributed by atoms with Crippen LogP contribution in [0.3, 0.4) is 0 Å². The summed E-state index contributed by atoms with van der Waals surface area (Å²) in [5, 5.41) is 14.5. The molecule has 0 amide bonds. The van der Waals surface area contributed by atoms with Gasteiger partial charge in [-0.2, -0.15) is 0 Å². The molecule has 0 aliphatic heterocycles. The molecule has 0 bridgehead atoms. The van der Waals surface area contributed by atoms with E-state index >= 15 is 0 Å². The van der Waals surface area contributed by atoms with E-state index < -0.39 is 0 Å². The Hall–Kier alpha value is -0.960. The van der Waals surface area contributed by atoms with E-state index in [9.17, 15) is 0 Å². The fourth-order valence-corrected chi connectivity index (χ4v) is 4.03. The maximum absolute atomic E-state index is 4.67. The largest absolute Gasteiger partial charge is 0.311 e. The zero-order chi connectivity index (χ0) is 13.1. The SMILES string of the molecule is CCCNCc1c(Sc2nncs2)nc2sccn12. The fourth-order valence-electron chi connectivity index (χ4n) is 1.73. The number of thiazole rings is 1. The Bertz CT molecular complexity index is 642. The van der Waals surface area contributed by atoms with Crippen LogP contribution in [-0.2, 0) is 6.54 Å². The maximum Gasteiger partial charge on any atom is 0.194 e. The van der Waals surface area contributed by atoms with Crippen molar-refractivity contribution in [2.24, 2.45) is 0 Å². The number of rotatable bonds is 6. The highest BCUT2D eigenvalue weighted by molar-refractivity contribution is 8.01. The molecule has 1 N–H and O–H groups in total. The molecule has 0 aliphatic rings. The van der Waals surface area contributed by atoms with Crippen molar-refractivity contribution < 1.29 is 0 Å². The summed E-state index contributed by atoms with van der Waals surface area (Å²) in [6.07, 6.45) is 3.20. The number of aromatic nitrogens is 4. The second-order valence-corrected chi connectivity index (χ2v) is 6.84. The topological polar surface area (TPSA) is 55.1 Å². The third-order valence-corrected chi connectivity index (χ3v) is 5.12. The molecular weight excluding hydrogens is 298 g/mol. The van der Waals surface area contributed by atoms with Gasteiger partial charge in [-0.05, 0) is 24.7 Å². The minimum Gasteiger partial charge on any atom is -0.311 e. The van der Waals surface area contributed by atoms with Gasteiger partial charge >= 0.3 is 0 Å². The molecule has 0 aliphatic carbocycles. The Kier molecular flexibility index (Phi) is 4.12. The van der Waals surface area contributed by atoms with Crippen LogP contribution in [0.5, 0.6) is 0 Å². The van der Waals surface area contributed by atoms with Crippen LogP contribution in [0.2, 0.25) is 0 Å². The third kappa shape index (κ3) is 2.81. The van der Waals surface area contributed by atoms with Gasteiger partial charge in [-0.3, -0.25) is 4.40 Å². The number of imidazole rings is 1. The third-order valence-electron chi connectivity index (χ3n) is 2.57. The lowest BCUT2D eigenvalue weighted by molar-refractivity contribution is 0.653. The maximum atomic E-state index is 4.67. The highest BCUT2D eigenvalue weighted by Crippen LogP contribution is 2.32. The van der Waals surface area contributed by atoms with Crippen molar-refractivity contribution in [2.75, 3.05) is 6.54 Å². The molecule has 0 unspecified atom stereocenters. The van der Waals surface area contributed by atoms with Crippen LogP contribution in [0.1, 0.15) is 19.0 Å². The van der Waals surface area contributed by atoms with Gasteiger partial charge in [0, 0.05) is 18.1 Å². The summed E-state index contributed by atoms with van der Waals surface area (Å²) in [4.78, 5) is 5.70. The molecular formula is C11H13N5S3. The average Bonchev–Trinajstić information content (AvgIpc) is 3.09. The van der Waals surface area contributed by atoms with Crippen LogP contribution in [0.4, 0.5) is 0 Å². The first kappa shape index (κ1) is 13.0. The van der Waals surface area contributed by atoms with E-state index in [1.165, 1.54) is 5.69 Å². The van der Waals surface area contributed by atoms with Gasteiger partial charge in [-0.1, -0.05) is 18.3 Å². The molecule has 5 nitrogen and oxygen atoms in total. The monoisotopic (exact) mass is 311 g/mol. The lowest BCUT2D eigenvalue weighted by Gasteiger charge is -2.04. The number of fused-ring (bicyclic) bond motifs is 1. The van der Waals surface area contributed by atoms with Crippen molar-refractivity contribution in [2.45, 2.75) is 29.3 Å². The van der Waals surface area contributed by atoms with E-state index in [1.807, 2.05) is 0 Å². The van der Waals surface area contributed by atoms with Crippen molar-refractivity contribution in [3.63, 3.8) is 0 Å². The van der Waals surface area contributed by atoms with E-state index in [0.717, 1.165) is 33.8 Å². The number of nitrogens with one attached hydrogen (secondary N) is 1. The molecule has 0 saturated carbocycles. The van der Waals surface area contributed by atoms with Crippen LogP contribution in [0.15, 0.2) is 26.5 Å². The summed E-state index contributed by atoms with van der Waals surface area (Å²) in [7, 11) is 0. The van der Waals surface area contributed by atoms with Crippen LogP contribution in [0.25, 0.3) is 4.96 Å². The Morgan fingerprint density at radius 2 is 2.37 bits per heavy atom. The highest BCUT2D eigenvalue weighted by Gasteiger charge is 2.15. The highest BCUT2D eigenvalue weighted by atomic mass is 32.2. The molecule has 3 heterocycles. The van der Waals surface area contributed by atoms with E-state index in [-0.39, 0.29) is 0 Å². The second kappa shape index (κ2) is 6.00. The Morgan fingerprint density at radius 3 is 3.16 bits per heavy atom. The molecule has 0 atom stereocenters. The molecule has 0 fully saturated rings. The molecule has 100 valence electrons. The summed E-state index contributed by atoms with van der Waals surface area (Å²) in [5.74, 6) is 0. The van der Waals surface area contributed by atoms with Gasteiger partial charge in [0.1, 0.15) is 10.5 Å². The van der Waals surface area contributed by atoms with E-state index in [4.69, 9.17) is 0 Å². The van der Waals surface area contributed by atoms with Crippen molar-refractivity contribution in [1.82, 2.24) is 24.9 Å². The minimum atomic E-state index is 0.826. The van der Waals surface area contributed by atoms with Crippen LogP contribution < -0.4 is 5.32 Å². The number of hydrogen-bond acceptors (Lipinski definition) is 7. The first-order valence-electron chi connectivity index (χ1n) is 5.97. The van der Waals surface area contributed by atoms with Gasteiger partial charge < -0.3 is 5.32 Å². The summed E-state index contributed by atoms with van der Waals surface area (Å²) >= 11 is 4.78. The normalized spacial score (nSPS) is 11.4. The van der Waals surface area contributed by atoms with Crippen molar-refractivity contribution in [3.05, 3.63) is 22.8 Å². The molecule has 8 heteroatoms. The molecule has 19 heavy (non-hydrogen) atoms. The van der Waals surface area contributed by atoms with E-state index in [1.54, 1.807) is 39.9 Å². The Labute approximate surface area is 123 Å². The standard InChI is InChI=1S/C11H13N5S3/c1-2-3-12-6-8-9(19-11-15-13-7-18-11)14-10-16(8)4-5-17-10/h4-5,7,12H,2-3,6H2,1H3. The first-order chi connectivity index (χ1) is 9.38. The van der Waals surface area contributed by atoms with Crippen LogP contribution in [-0.4, -0.2) is 26.1 Å². The quantitative estimate of drug-likeness (QED) is 0.709. The van der Waals surface area contributed by atoms with Gasteiger partial charge in [0.05, 0.1) is 5.69 Å².